The Hall–Kier alpha value is -1.84. The number of rotatable bonds is 5. The number of nitrogens with one attached hydrogen (secondary N) is 1. The molecule has 2 N–H and O–H groups in total. The summed E-state index contributed by atoms with van der Waals surface area (Å²) >= 11 is 0.728. The zero-order valence-corrected chi connectivity index (χ0v) is 12.0. The van der Waals surface area contributed by atoms with Gasteiger partial charge in [-0.1, -0.05) is 0 Å². The predicted octanol–water partition coefficient (Wildman–Crippen LogP) is 2.20. The lowest BCUT2D eigenvalue weighted by Crippen LogP contribution is -2.23. The smallest absolute Gasteiger partial charge is 0.336 e. The van der Waals surface area contributed by atoms with Crippen molar-refractivity contribution in [3.05, 3.63) is 52.4 Å². The van der Waals surface area contributed by atoms with Crippen molar-refractivity contribution in [1.29, 1.82) is 0 Å². The lowest BCUT2D eigenvalue weighted by Gasteiger charge is -2.06. The highest BCUT2D eigenvalue weighted by molar-refractivity contribution is 7.91. The van der Waals surface area contributed by atoms with E-state index in [1.807, 2.05) is 0 Å². The van der Waals surface area contributed by atoms with E-state index in [1.165, 1.54) is 5.38 Å². The summed E-state index contributed by atoms with van der Waals surface area (Å²) in [5.41, 5.74) is -0.300. The van der Waals surface area contributed by atoms with Gasteiger partial charge in [-0.15, -0.1) is 11.3 Å². The molecule has 0 atom stereocenters. The number of halogens is 2. The Balaban J connectivity index is 2.17. The van der Waals surface area contributed by atoms with E-state index < -0.39 is 34.2 Å². The Morgan fingerprint density at radius 2 is 2.00 bits per heavy atom. The third kappa shape index (κ3) is 3.63. The van der Waals surface area contributed by atoms with Crippen LogP contribution < -0.4 is 4.72 Å². The van der Waals surface area contributed by atoms with Gasteiger partial charge in [0.1, 0.15) is 15.8 Å². The van der Waals surface area contributed by atoms with Crippen LogP contribution in [-0.4, -0.2) is 19.5 Å². The first-order chi connectivity index (χ1) is 9.79. The van der Waals surface area contributed by atoms with Crippen molar-refractivity contribution in [2.24, 2.45) is 0 Å². The molecule has 0 amide bonds. The third-order valence-corrected chi connectivity index (χ3v) is 5.39. The lowest BCUT2D eigenvalue weighted by molar-refractivity contribution is 0.0697. The van der Waals surface area contributed by atoms with Crippen LogP contribution in [-0.2, 0) is 16.6 Å². The summed E-state index contributed by atoms with van der Waals surface area (Å²) in [5.74, 6) is -2.67. The first kappa shape index (κ1) is 15.5. The van der Waals surface area contributed by atoms with Gasteiger partial charge in [0.2, 0.25) is 10.0 Å². The molecule has 112 valence electrons. The van der Waals surface area contributed by atoms with E-state index in [0.717, 1.165) is 35.6 Å². The predicted molar refractivity (Wildman–Crippen MR) is 71.7 cm³/mol. The molecule has 21 heavy (non-hydrogen) atoms. The topological polar surface area (TPSA) is 83.5 Å². The summed E-state index contributed by atoms with van der Waals surface area (Å²) in [5, 5.41) is 9.92. The van der Waals surface area contributed by atoms with Crippen LogP contribution in [0.4, 0.5) is 8.78 Å². The molecular weight excluding hydrogens is 324 g/mol. The van der Waals surface area contributed by atoms with E-state index in [0.29, 0.717) is 0 Å². The number of carbonyl (C=O) groups is 1. The van der Waals surface area contributed by atoms with Gasteiger partial charge >= 0.3 is 5.97 Å². The zero-order valence-electron chi connectivity index (χ0n) is 10.3. The van der Waals surface area contributed by atoms with Crippen LogP contribution in [0.3, 0.4) is 0 Å². The molecule has 0 saturated heterocycles. The second-order valence-electron chi connectivity index (χ2n) is 4.02. The van der Waals surface area contributed by atoms with E-state index in [2.05, 4.69) is 4.72 Å². The molecule has 2 rings (SSSR count). The molecule has 0 spiro atoms. The number of thiophene rings is 1. The number of aromatic carboxylic acids is 1. The van der Waals surface area contributed by atoms with Crippen molar-refractivity contribution in [2.45, 2.75) is 10.8 Å². The van der Waals surface area contributed by atoms with Crippen LogP contribution >= 0.6 is 11.3 Å². The van der Waals surface area contributed by atoms with Crippen LogP contribution in [0, 0.1) is 11.6 Å². The quantitative estimate of drug-likeness (QED) is 0.879. The molecule has 1 heterocycles. The number of benzene rings is 1. The van der Waals surface area contributed by atoms with Gasteiger partial charge in [0.15, 0.2) is 0 Å². The molecule has 1 aromatic heterocycles. The van der Waals surface area contributed by atoms with Crippen LogP contribution in [0.5, 0.6) is 0 Å². The summed E-state index contributed by atoms with van der Waals surface area (Å²) in [7, 11) is -3.98. The van der Waals surface area contributed by atoms with E-state index in [9.17, 15) is 22.0 Å². The number of hydrogen-bond acceptors (Lipinski definition) is 4. The maximum absolute atomic E-state index is 13.4. The largest absolute Gasteiger partial charge is 0.478 e. The fourth-order valence-electron chi connectivity index (χ4n) is 1.49. The summed E-state index contributed by atoms with van der Waals surface area (Å²) in [6.07, 6.45) is 0. The summed E-state index contributed by atoms with van der Waals surface area (Å²) in [4.78, 5) is 10.7. The normalized spacial score (nSPS) is 11.5. The maximum atomic E-state index is 13.4. The Morgan fingerprint density at radius 1 is 1.29 bits per heavy atom. The average molecular weight is 333 g/mol. The monoisotopic (exact) mass is 333 g/mol. The number of carboxylic acids is 1. The van der Waals surface area contributed by atoms with Gasteiger partial charge in [-0.25, -0.2) is 26.7 Å². The molecule has 0 aliphatic heterocycles. The third-order valence-electron chi connectivity index (χ3n) is 2.55. The van der Waals surface area contributed by atoms with Gasteiger partial charge in [0.25, 0.3) is 0 Å². The van der Waals surface area contributed by atoms with E-state index in [4.69, 9.17) is 5.11 Å². The van der Waals surface area contributed by atoms with Gasteiger partial charge in [0, 0.05) is 17.5 Å². The molecule has 0 fully saturated rings. The Morgan fingerprint density at radius 3 is 2.62 bits per heavy atom. The number of sulfonamides is 1. The molecule has 1 aromatic carbocycles. The molecule has 2 aromatic rings. The van der Waals surface area contributed by atoms with E-state index in [-0.39, 0.29) is 15.3 Å². The fraction of sp³-hybridized carbons (Fsp3) is 0.0833. The lowest BCUT2D eigenvalue weighted by atomic mass is 10.2. The molecule has 5 nitrogen and oxygen atoms in total. The molecule has 9 heteroatoms. The van der Waals surface area contributed by atoms with Crippen LogP contribution in [0.25, 0.3) is 0 Å². The zero-order chi connectivity index (χ0) is 15.6. The van der Waals surface area contributed by atoms with Crippen LogP contribution in [0.2, 0.25) is 0 Å². The Kier molecular flexibility index (Phi) is 4.35. The maximum Gasteiger partial charge on any atom is 0.336 e. The molecular formula is C12H9F2NO4S2. The van der Waals surface area contributed by atoms with Gasteiger partial charge in [-0.05, 0) is 24.3 Å². The second kappa shape index (κ2) is 5.88. The number of carboxylic acid groups (broad SMARTS) is 1. The highest BCUT2D eigenvalue weighted by atomic mass is 32.2. The second-order valence-corrected chi connectivity index (χ2v) is 6.92. The SMILES string of the molecule is O=C(O)c1csc(S(=O)(=O)NCc2cc(F)ccc2F)c1. The standard InChI is InChI=1S/C12H9F2NO4S2/c13-9-1-2-10(14)7(3-9)5-15-21(18,19)11-4-8(6-20-11)12(16)17/h1-4,6,15H,5H2,(H,16,17). The van der Waals surface area contributed by atoms with Gasteiger partial charge in [0.05, 0.1) is 5.56 Å². The molecule has 0 saturated carbocycles. The Labute approximate surface area is 122 Å². The molecule has 0 bridgehead atoms. The fourth-order valence-corrected chi connectivity index (χ4v) is 3.70. The average Bonchev–Trinajstić information content (AvgIpc) is 2.90. The van der Waals surface area contributed by atoms with Crippen molar-refractivity contribution < 1.29 is 27.1 Å². The summed E-state index contributed by atoms with van der Waals surface area (Å²) < 4.78 is 52.1. The van der Waals surface area contributed by atoms with E-state index >= 15 is 0 Å². The van der Waals surface area contributed by atoms with Crippen molar-refractivity contribution in [3.63, 3.8) is 0 Å². The highest BCUT2D eigenvalue weighted by Crippen LogP contribution is 2.20. The minimum atomic E-state index is -3.98. The van der Waals surface area contributed by atoms with Gasteiger partial charge < -0.3 is 5.11 Å². The Bertz CT molecular complexity index is 786. The first-order valence-corrected chi connectivity index (χ1v) is 7.91. The first-order valence-electron chi connectivity index (χ1n) is 5.55. The minimum Gasteiger partial charge on any atom is -0.478 e. The van der Waals surface area contributed by atoms with Crippen molar-refractivity contribution in [2.75, 3.05) is 0 Å². The van der Waals surface area contributed by atoms with E-state index in [1.54, 1.807) is 0 Å². The highest BCUT2D eigenvalue weighted by Gasteiger charge is 2.19. The molecule has 0 radical (unpaired) electrons. The summed E-state index contributed by atoms with van der Waals surface area (Å²) in [6, 6.07) is 3.70. The minimum absolute atomic E-state index is 0.145. The number of hydrogen-bond donors (Lipinski definition) is 2. The van der Waals surface area contributed by atoms with Crippen molar-refractivity contribution in [3.8, 4) is 0 Å². The van der Waals surface area contributed by atoms with Crippen LogP contribution in [0.1, 0.15) is 15.9 Å². The van der Waals surface area contributed by atoms with Gasteiger partial charge in [-0.2, -0.15) is 0 Å². The molecule has 0 aliphatic rings. The van der Waals surface area contributed by atoms with Crippen molar-refractivity contribution in [1.82, 2.24) is 4.72 Å². The molecule has 0 aliphatic carbocycles. The molecule has 0 unspecified atom stereocenters. The van der Waals surface area contributed by atoms with Crippen LogP contribution in [0.15, 0.2) is 33.9 Å². The summed E-state index contributed by atoms with van der Waals surface area (Å²) in [6.45, 7) is -0.438. The van der Waals surface area contributed by atoms with Gasteiger partial charge in [-0.3, -0.25) is 0 Å². The van der Waals surface area contributed by atoms with Crippen molar-refractivity contribution >= 4 is 27.3 Å².